The highest BCUT2D eigenvalue weighted by atomic mass is 15.2. The second-order valence-electron chi connectivity index (χ2n) is 4.21. The van der Waals surface area contributed by atoms with Gasteiger partial charge in [0.1, 0.15) is 0 Å². The summed E-state index contributed by atoms with van der Waals surface area (Å²) in [6.45, 7) is 9.08. The Bertz CT molecular complexity index is 417. The van der Waals surface area contributed by atoms with Crippen LogP contribution < -0.4 is 4.90 Å². The van der Waals surface area contributed by atoms with E-state index in [0.29, 0.717) is 0 Å². The molecule has 1 aliphatic heterocycles. The Labute approximate surface area is 97.5 Å². The van der Waals surface area contributed by atoms with E-state index in [4.69, 9.17) is 12.2 Å². The molecular weight excluding hydrogens is 196 g/mol. The SMILES string of the molecule is [CH]C1CCCN1c1ccc(CC)c(C#N)c1. The molecule has 2 rings (SSSR count). The molecule has 2 radical (unpaired) electrons. The molecule has 1 aromatic rings. The third kappa shape index (κ3) is 1.90. The quantitative estimate of drug-likeness (QED) is 0.753. The highest BCUT2D eigenvalue weighted by Gasteiger charge is 2.21. The molecule has 0 aliphatic carbocycles. The molecule has 2 heteroatoms. The summed E-state index contributed by atoms with van der Waals surface area (Å²) in [6.07, 6.45) is 3.07. The van der Waals surface area contributed by atoms with Gasteiger partial charge in [0, 0.05) is 18.3 Å². The lowest BCUT2D eigenvalue weighted by atomic mass is 10.0. The van der Waals surface area contributed by atoms with E-state index in [2.05, 4.69) is 24.0 Å². The van der Waals surface area contributed by atoms with Gasteiger partial charge in [0.15, 0.2) is 0 Å². The predicted molar refractivity (Wildman–Crippen MR) is 65.2 cm³/mol. The molecule has 1 unspecified atom stereocenters. The summed E-state index contributed by atoms with van der Waals surface area (Å²) in [7, 11) is 0. The molecule has 1 atom stereocenters. The van der Waals surface area contributed by atoms with Crippen molar-refractivity contribution in [2.75, 3.05) is 11.4 Å². The van der Waals surface area contributed by atoms with Gasteiger partial charge in [0.25, 0.3) is 0 Å². The molecule has 0 spiro atoms. The lowest BCUT2D eigenvalue weighted by Gasteiger charge is -2.24. The number of nitriles is 1. The van der Waals surface area contributed by atoms with E-state index in [1.165, 1.54) is 0 Å². The second-order valence-corrected chi connectivity index (χ2v) is 4.21. The Kier molecular flexibility index (Phi) is 3.14. The molecule has 0 saturated carbocycles. The van der Waals surface area contributed by atoms with Crippen LogP contribution in [0.5, 0.6) is 0 Å². The van der Waals surface area contributed by atoms with Crippen LogP contribution >= 0.6 is 0 Å². The molecule has 0 aromatic heterocycles. The van der Waals surface area contributed by atoms with Gasteiger partial charge < -0.3 is 4.90 Å². The number of hydrogen-bond donors (Lipinski definition) is 0. The first-order valence-electron chi connectivity index (χ1n) is 5.81. The Hall–Kier alpha value is -1.49. The van der Waals surface area contributed by atoms with E-state index in [1.807, 2.05) is 12.1 Å². The smallest absolute Gasteiger partial charge is 0.0995 e. The van der Waals surface area contributed by atoms with Crippen molar-refractivity contribution in [1.29, 1.82) is 5.26 Å². The predicted octanol–water partition coefficient (Wildman–Crippen LogP) is 2.80. The molecule has 82 valence electrons. The van der Waals surface area contributed by atoms with Crippen molar-refractivity contribution in [3.8, 4) is 6.07 Å². The zero-order chi connectivity index (χ0) is 11.5. The van der Waals surface area contributed by atoms with E-state index < -0.39 is 0 Å². The van der Waals surface area contributed by atoms with Crippen LogP contribution in [0.25, 0.3) is 0 Å². The minimum Gasteiger partial charge on any atom is -0.368 e. The van der Waals surface area contributed by atoms with Crippen LogP contribution in [0, 0.1) is 18.3 Å². The van der Waals surface area contributed by atoms with Crippen molar-refractivity contribution in [3.63, 3.8) is 0 Å². The average molecular weight is 212 g/mol. The van der Waals surface area contributed by atoms with Crippen LogP contribution in [0.15, 0.2) is 18.2 Å². The van der Waals surface area contributed by atoms with Gasteiger partial charge in [-0.25, -0.2) is 0 Å². The maximum atomic E-state index is 9.08. The van der Waals surface area contributed by atoms with Gasteiger partial charge in [-0.1, -0.05) is 13.0 Å². The molecule has 1 aliphatic rings. The van der Waals surface area contributed by atoms with Gasteiger partial charge in [0.05, 0.1) is 11.6 Å². The highest BCUT2D eigenvalue weighted by molar-refractivity contribution is 5.56. The summed E-state index contributed by atoms with van der Waals surface area (Å²) in [6, 6.07) is 8.45. The summed E-state index contributed by atoms with van der Waals surface area (Å²) in [5.41, 5.74) is 2.97. The maximum absolute atomic E-state index is 9.08. The van der Waals surface area contributed by atoms with Gasteiger partial charge in [0.2, 0.25) is 0 Å². The van der Waals surface area contributed by atoms with Gasteiger partial charge in [-0.3, -0.25) is 0 Å². The van der Waals surface area contributed by atoms with Crippen molar-refractivity contribution >= 4 is 5.69 Å². The van der Waals surface area contributed by atoms with Crippen LogP contribution in [0.4, 0.5) is 5.69 Å². The second kappa shape index (κ2) is 4.57. The number of hydrogen-bond acceptors (Lipinski definition) is 2. The lowest BCUT2D eigenvalue weighted by Crippen LogP contribution is -2.26. The van der Waals surface area contributed by atoms with Gasteiger partial charge >= 0.3 is 0 Å². The summed E-state index contributed by atoms with van der Waals surface area (Å²) in [5.74, 6) is 0. The summed E-state index contributed by atoms with van der Waals surface area (Å²) >= 11 is 0. The topological polar surface area (TPSA) is 27.0 Å². The fourth-order valence-corrected chi connectivity index (χ4v) is 2.27. The van der Waals surface area contributed by atoms with E-state index in [0.717, 1.165) is 42.6 Å². The van der Waals surface area contributed by atoms with E-state index in [9.17, 15) is 0 Å². The molecule has 0 bridgehead atoms. The minimum absolute atomic E-state index is 0.110. The van der Waals surface area contributed by atoms with Crippen molar-refractivity contribution in [3.05, 3.63) is 36.2 Å². The molecule has 1 aromatic carbocycles. The van der Waals surface area contributed by atoms with Crippen molar-refractivity contribution in [1.82, 2.24) is 0 Å². The summed E-state index contributed by atoms with van der Waals surface area (Å²) < 4.78 is 0. The summed E-state index contributed by atoms with van der Waals surface area (Å²) in [4.78, 5) is 2.18. The normalized spacial score (nSPS) is 19.8. The van der Waals surface area contributed by atoms with E-state index in [-0.39, 0.29) is 6.04 Å². The fraction of sp³-hybridized carbons (Fsp3) is 0.429. The number of benzene rings is 1. The molecule has 1 heterocycles. The van der Waals surface area contributed by atoms with Crippen LogP contribution in [0.1, 0.15) is 30.9 Å². The Morgan fingerprint density at radius 2 is 2.38 bits per heavy atom. The molecule has 16 heavy (non-hydrogen) atoms. The number of rotatable bonds is 2. The minimum atomic E-state index is 0.110. The van der Waals surface area contributed by atoms with Crippen molar-refractivity contribution in [2.45, 2.75) is 32.2 Å². The molecule has 0 N–H and O–H groups in total. The van der Waals surface area contributed by atoms with Gasteiger partial charge in [-0.15, -0.1) is 0 Å². The first kappa shape index (κ1) is 11.0. The maximum Gasteiger partial charge on any atom is 0.0995 e. The van der Waals surface area contributed by atoms with E-state index in [1.54, 1.807) is 0 Å². The first-order chi connectivity index (χ1) is 7.76. The standard InChI is InChI=1S/C14H16N2/c1-3-12-6-7-14(9-13(12)10-15)16-8-4-5-11(16)2/h2,6-7,9,11H,3-5,8H2,1H3. The third-order valence-electron chi connectivity index (χ3n) is 3.23. The molecular formula is C14H16N2. The van der Waals surface area contributed by atoms with E-state index >= 15 is 0 Å². The Balaban J connectivity index is 2.33. The molecule has 0 amide bonds. The Morgan fingerprint density at radius 3 is 2.94 bits per heavy atom. The van der Waals surface area contributed by atoms with Crippen LogP contribution in [-0.2, 0) is 6.42 Å². The molecule has 1 fully saturated rings. The largest absolute Gasteiger partial charge is 0.368 e. The van der Waals surface area contributed by atoms with Crippen molar-refractivity contribution in [2.24, 2.45) is 0 Å². The highest BCUT2D eigenvalue weighted by Crippen LogP contribution is 2.27. The van der Waals surface area contributed by atoms with Crippen molar-refractivity contribution < 1.29 is 0 Å². The fourth-order valence-electron chi connectivity index (χ4n) is 2.27. The van der Waals surface area contributed by atoms with Crippen LogP contribution in [0.2, 0.25) is 0 Å². The molecule has 2 nitrogen and oxygen atoms in total. The average Bonchev–Trinajstić information content (AvgIpc) is 2.74. The molecule has 1 saturated heterocycles. The zero-order valence-corrected chi connectivity index (χ0v) is 9.61. The third-order valence-corrected chi connectivity index (χ3v) is 3.23. The number of aryl methyl sites for hydroxylation is 1. The first-order valence-corrected chi connectivity index (χ1v) is 5.81. The zero-order valence-electron chi connectivity index (χ0n) is 9.61. The monoisotopic (exact) mass is 212 g/mol. The van der Waals surface area contributed by atoms with Gasteiger partial charge in [-0.05, 0) is 43.9 Å². The summed E-state index contributed by atoms with van der Waals surface area (Å²) in [5, 5.41) is 9.08. The number of anilines is 1. The van der Waals surface area contributed by atoms with Gasteiger partial charge in [-0.2, -0.15) is 5.26 Å². The van der Waals surface area contributed by atoms with Crippen LogP contribution in [0.3, 0.4) is 0 Å². The Morgan fingerprint density at radius 1 is 1.56 bits per heavy atom. The van der Waals surface area contributed by atoms with Crippen LogP contribution in [-0.4, -0.2) is 12.6 Å². The lowest BCUT2D eigenvalue weighted by molar-refractivity contribution is 0.801. The number of nitrogens with zero attached hydrogens (tertiary/aromatic N) is 2.